The molecule has 0 atom stereocenters. The van der Waals surface area contributed by atoms with Crippen LogP contribution < -0.4 is 15.4 Å². The number of benzene rings is 1. The maximum Gasteiger partial charge on any atom is 0.393 e. The number of carbonyl (C=O) groups is 1. The minimum atomic E-state index is -4.37. The molecule has 0 radical (unpaired) electrons. The van der Waals surface area contributed by atoms with Crippen LogP contribution in [0.1, 0.15) is 5.56 Å². The number of anilines is 1. The van der Waals surface area contributed by atoms with Crippen LogP contribution in [0.2, 0.25) is 5.02 Å². The van der Waals surface area contributed by atoms with Crippen LogP contribution in [0.25, 0.3) is 0 Å². The van der Waals surface area contributed by atoms with E-state index in [0.29, 0.717) is 30.6 Å². The average Bonchev–Trinajstić information content (AvgIpc) is 2.59. The molecular weight excluding hydrogens is 397 g/mol. The molecule has 2 N–H and O–H groups in total. The van der Waals surface area contributed by atoms with Gasteiger partial charge in [0.05, 0.1) is 25.8 Å². The predicted octanol–water partition coefficient (Wildman–Crippen LogP) is 1.98. The number of ether oxygens (including phenoxy) is 1. The molecule has 1 aromatic carbocycles. The molecule has 0 bridgehead atoms. The Morgan fingerprint density at radius 1 is 1.29 bits per heavy atom. The Labute approximate surface area is 166 Å². The summed E-state index contributed by atoms with van der Waals surface area (Å²) in [5.41, 5.74) is 0.256. The maximum absolute atomic E-state index is 12.7. The third kappa shape index (κ3) is 5.21. The molecule has 6 nitrogen and oxygen atoms in total. The van der Waals surface area contributed by atoms with Crippen LogP contribution in [-0.2, 0) is 11.2 Å². The summed E-state index contributed by atoms with van der Waals surface area (Å²) in [4.78, 5) is 16.6. The highest BCUT2D eigenvalue weighted by Gasteiger charge is 2.30. The van der Waals surface area contributed by atoms with Gasteiger partial charge in [-0.15, -0.1) is 0 Å². The minimum absolute atomic E-state index is 0.0194. The Bertz CT molecular complexity index is 705. The molecule has 1 aromatic rings. The van der Waals surface area contributed by atoms with Crippen molar-refractivity contribution >= 4 is 23.2 Å². The molecule has 3 rings (SSSR count). The van der Waals surface area contributed by atoms with Crippen molar-refractivity contribution in [1.82, 2.24) is 15.1 Å². The van der Waals surface area contributed by atoms with Gasteiger partial charge in [0.2, 0.25) is 5.91 Å². The van der Waals surface area contributed by atoms with Gasteiger partial charge >= 0.3 is 6.18 Å². The van der Waals surface area contributed by atoms with Gasteiger partial charge in [0.25, 0.3) is 0 Å². The van der Waals surface area contributed by atoms with Gasteiger partial charge in [-0.05, 0) is 11.6 Å². The molecule has 0 unspecified atom stereocenters. The van der Waals surface area contributed by atoms with Gasteiger partial charge in [-0.3, -0.25) is 9.69 Å². The third-order valence-corrected chi connectivity index (χ3v) is 5.48. The van der Waals surface area contributed by atoms with Crippen molar-refractivity contribution in [3.05, 3.63) is 22.7 Å². The van der Waals surface area contributed by atoms with Crippen LogP contribution >= 0.6 is 11.6 Å². The quantitative estimate of drug-likeness (QED) is 0.737. The van der Waals surface area contributed by atoms with Crippen molar-refractivity contribution in [2.45, 2.75) is 18.6 Å². The molecule has 0 spiro atoms. The number of alkyl halides is 3. The highest BCUT2D eigenvalue weighted by atomic mass is 35.5. The fourth-order valence-corrected chi connectivity index (χ4v) is 3.63. The van der Waals surface area contributed by atoms with Crippen LogP contribution in [0.5, 0.6) is 5.75 Å². The smallest absolute Gasteiger partial charge is 0.393 e. The molecule has 2 heterocycles. The number of piperazine rings is 1. The normalized spacial score (nSPS) is 18.7. The molecule has 156 valence electrons. The van der Waals surface area contributed by atoms with E-state index in [0.717, 1.165) is 26.2 Å². The second-order valence-corrected chi connectivity index (χ2v) is 7.43. The largest absolute Gasteiger partial charge is 0.495 e. The lowest BCUT2D eigenvalue weighted by molar-refractivity contribution is -0.131. The number of carbonyl (C=O) groups excluding carboxylic acids is 1. The number of nitrogens with one attached hydrogen (secondary N) is 2. The number of halogens is 4. The van der Waals surface area contributed by atoms with Crippen molar-refractivity contribution in [2.75, 3.05) is 58.2 Å². The standard InChI is InChI=1S/C18H24ClF3N4O2/c1-28-16-7-14(19)12(8-18(20,21)22)6-15(16)24-11-17(27)26-4-2-25(3-5-26)13-9-23-10-13/h6-7,13,23-24H,2-5,8-11H2,1H3. The van der Waals surface area contributed by atoms with E-state index < -0.39 is 12.6 Å². The van der Waals surface area contributed by atoms with Crippen LogP contribution in [0.3, 0.4) is 0 Å². The van der Waals surface area contributed by atoms with E-state index in [1.54, 1.807) is 4.90 Å². The van der Waals surface area contributed by atoms with Gasteiger partial charge in [0, 0.05) is 56.4 Å². The van der Waals surface area contributed by atoms with E-state index >= 15 is 0 Å². The Morgan fingerprint density at radius 3 is 2.50 bits per heavy atom. The first-order chi connectivity index (χ1) is 13.3. The van der Waals surface area contributed by atoms with Gasteiger partial charge in [0.15, 0.2) is 0 Å². The minimum Gasteiger partial charge on any atom is -0.495 e. The fourth-order valence-electron chi connectivity index (χ4n) is 3.41. The second kappa shape index (κ2) is 8.75. The Hall–Kier alpha value is -1.71. The van der Waals surface area contributed by atoms with E-state index in [4.69, 9.17) is 16.3 Å². The van der Waals surface area contributed by atoms with E-state index in [9.17, 15) is 18.0 Å². The van der Waals surface area contributed by atoms with Gasteiger partial charge in [-0.25, -0.2) is 0 Å². The molecule has 1 amide bonds. The lowest BCUT2D eigenvalue weighted by atomic mass is 10.1. The number of rotatable bonds is 6. The first-order valence-corrected chi connectivity index (χ1v) is 9.54. The first kappa shape index (κ1) is 21.0. The maximum atomic E-state index is 12.7. The van der Waals surface area contributed by atoms with Crippen molar-refractivity contribution in [3.8, 4) is 5.75 Å². The predicted molar refractivity (Wildman–Crippen MR) is 101 cm³/mol. The number of nitrogens with zero attached hydrogens (tertiary/aromatic N) is 2. The average molecular weight is 421 g/mol. The molecule has 10 heteroatoms. The molecular formula is C18H24ClF3N4O2. The zero-order chi connectivity index (χ0) is 20.3. The zero-order valence-corrected chi connectivity index (χ0v) is 16.4. The summed E-state index contributed by atoms with van der Waals surface area (Å²) in [5.74, 6) is 0.201. The molecule has 2 aliphatic rings. The van der Waals surface area contributed by atoms with Gasteiger partial charge in [-0.2, -0.15) is 13.2 Å². The summed E-state index contributed by atoms with van der Waals surface area (Å²) in [5, 5.41) is 6.12. The van der Waals surface area contributed by atoms with E-state index in [1.807, 2.05) is 0 Å². The van der Waals surface area contributed by atoms with Crippen molar-refractivity contribution in [3.63, 3.8) is 0 Å². The van der Waals surface area contributed by atoms with Crippen LogP contribution in [0, 0.1) is 0 Å². The van der Waals surface area contributed by atoms with E-state index in [-0.39, 0.29) is 23.0 Å². The SMILES string of the molecule is COc1cc(Cl)c(CC(F)(F)F)cc1NCC(=O)N1CCN(C2CNC2)CC1. The monoisotopic (exact) mass is 420 g/mol. The fraction of sp³-hybridized carbons (Fsp3) is 0.611. The summed E-state index contributed by atoms with van der Waals surface area (Å²) >= 11 is 5.93. The number of amides is 1. The molecule has 2 aliphatic heterocycles. The molecule has 0 aromatic heterocycles. The van der Waals surface area contributed by atoms with Gasteiger partial charge < -0.3 is 20.3 Å². The molecule has 28 heavy (non-hydrogen) atoms. The second-order valence-electron chi connectivity index (χ2n) is 7.02. The number of methoxy groups -OCH3 is 1. The number of hydrogen-bond donors (Lipinski definition) is 2. The molecule has 0 aliphatic carbocycles. The first-order valence-electron chi connectivity index (χ1n) is 9.16. The third-order valence-electron chi connectivity index (χ3n) is 5.13. The van der Waals surface area contributed by atoms with E-state index in [1.165, 1.54) is 19.2 Å². The topological polar surface area (TPSA) is 56.8 Å². The molecule has 2 fully saturated rings. The Morgan fingerprint density at radius 2 is 1.96 bits per heavy atom. The summed E-state index contributed by atoms with van der Waals surface area (Å²) < 4.78 is 43.4. The lowest BCUT2D eigenvalue weighted by Gasteiger charge is -2.43. The van der Waals surface area contributed by atoms with Gasteiger partial charge in [0.1, 0.15) is 5.75 Å². The molecule has 2 saturated heterocycles. The Kier molecular flexibility index (Phi) is 6.57. The van der Waals surface area contributed by atoms with Crippen molar-refractivity contribution < 1.29 is 22.7 Å². The van der Waals surface area contributed by atoms with Crippen molar-refractivity contribution in [1.29, 1.82) is 0 Å². The van der Waals surface area contributed by atoms with Crippen LogP contribution in [-0.4, -0.2) is 80.8 Å². The summed E-state index contributed by atoms with van der Waals surface area (Å²) in [6, 6.07) is 3.19. The summed E-state index contributed by atoms with van der Waals surface area (Å²) in [6.07, 6.45) is -5.52. The Balaban J connectivity index is 1.58. The van der Waals surface area contributed by atoms with Gasteiger partial charge in [-0.1, -0.05) is 11.6 Å². The highest BCUT2D eigenvalue weighted by molar-refractivity contribution is 6.31. The van der Waals surface area contributed by atoms with E-state index in [2.05, 4.69) is 15.5 Å². The highest BCUT2D eigenvalue weighted by Crippen LogP contribution is 2.34. The number of hydrogen-bond acceptors (Lipinski definition) is 5. The van der Waals surface area contributed by atoms with Crippen LogP contribution in [0.15, 0.2) is 12.1 Å². The zero-order valence-electron chi connectivity index (χ0n) is 15.6. The lowest BCUT2D eigenvalue weighted by Crippen LogP contribution is -2.62. The van der Waals surface area contributed by atoms with Crippen LogP contribution in [0.4, 0.5) is 18.9 Å². The van der Waals surface area contributed by atoms with Crippen molar-refractivity contribution in [2.24, 2.45) is 0 Å². The molecule has 0 saturated carbocycles. The summed E-state index contributed by atoms with van der Waals surface area (Å²) in [6.45, 7) is 4.92. The summed E-state index contributed by atoms with van der Waals surface area (Å²) in [7, 11) is 1.40.